The maximum absolute atomic E-state index is 11.4. The molecule has 2 N–H and O–H groups in total. The van der Waals surface area contributed by atoms with Crippen molar-refractivity contribution < 1.29 is 14.3 Å². The van der Waals surface area contributed by atoms with Crippen molar-refractivity contribution in [2.75, 3.05) is 14.2 Å². The summed E-state index contributed by atoms with van der Waals surface area (Å²) in [5.74, 6) is 0.889. The molecule has 6 heteroatoms. The maximum atomic E-state index is 11.4. The fourth-order valence-electron chi connectivity index (χ4n) is 3.95. The van der Waals surface area contributed by atoms with Gasteiger partial charge in [0.1, 0.15) is 11.9 Å². The first kappa shape index (κ1) is 21.1. The molecule has 0 spiro atoms. The third kappa shape index (κ3) is 5.70. The standard InChI is InChI=1S/C23H31N3O3/c1-15-11-18(12-16(2)26-15)17-5-10-22(28-4)19(13-17)14-25-20-6-8-21(9-7-20)29-23(27)24-3/h5,10-13,20-21,25H,6-9,14H2,1-4H3,(H,24,27). The highest BCUT2D eigenvalue weighted by Gasteiger charge is 2.23. The van der Waals surface area contributed by atoms with Gasteiger partial charge in [0.2, 0.25) is 0 Å². The Morgan fingerprint density at radius 1 is 1.07 bits per heavy atom. The second kappa shape index (κ2) is 9.74. The fourth-order valence-corrected chi connectivity index (χ4v) is 3.95. The lowest BCUT2D eigenvalue weighted by atomic mass is 9.92. The molecular formula is C23H31N3O3. The van der Waals surface area contributed by atoms with Gasteiger partial charge < -0.3 is 20.1 Å². The number of hydrogen-bond donors (Lipinski definition) is 2. The van der Waals surface area contributed by atoms with Gasteiger partial charge >= 0.3 is 6.09 Å². The van der Waals surface area contributed by atoms with Gasteiger partial charge in [0.15, 0.2) is 0 Å². The van der Waals surface area contributed by atoms with Crippen LogP contribution >= 0.6 is 0 Å². The Hall–Kier alpha value is -2.60. The van der Waals surface area contributed by atoms with E-state index in [1.807, 2.05) is 19.9 Å². The molecule has 0 aliphatic heterocycles. The van der Waals surface area contributed by atoms with E-state index in [0.29, 0.717) is 6.04 Å². The molecule has 1 amide bonds. The number of ether oxygens (including phenoxy) is 2. The minimum absolute atomic E-state index is 0.0176. The quantitative estimate of drug-likeness (QED) is 0.767. The molecule has 1 fully saturated rings. The second-order valence-corrected chi connectivity index (χ2v) is 7.68. The molecule has 0 saturated heterocycles. The van der Waals surface area contributed by atoms with Gasteiger partial charge in [0.25, 0.3) is 0 Å². The largest absolute Gasteiger partial charge is 0.496 e. The van der Waals surface area contributed by atoms with Crippen LogP contribution in [-0.2, 0) is 11.3 Å². The average Bonchev–Trinajstić information content (AvgIpc) is 2.72. The predicted octanol–water partition coefficient (Wildman–Crippen LogP) is 4.13. The number of carbonyl (C=O) groups excluding carboxylic acids is 1. The number of hydrogen-bond acceptors (Lipinski definition) is 5. The molecule has 1 aliphatic rings. The van der Waals surface area contributed by atoms with E-state index in [0.717, 1.165) is 54.9 Å². The summed E-state index contributed by atoms with van der Waals surface area (Å²) in [5.41, 5.74) is 5.52. The van der Waals surface area contributed by atoms with E-state index in [1.54, 1.807) is 14.2 Å². The lowest BCUT2D eigenvalue weighted by molar-refractivity contribution is 0.0701. The Labute approximate surface area is 173 Å². The van der Waals surface area contributed by atoms with Gasteiger partial charge in [-0.3, -0.25) is 4.98 Å². The number of nitrogens with zero attached hydrogens (tertiary/aromatic N) is 1. The zero-order valence-electron chi connectivity index (χ0n) is 17.7. The zero-order valence-corrected chi connectivity index (χ0v) is 17.7. The van der Waals surface area contributed by atoms with E-state index < -0.39 is 0 Å². The molecule has 1 aromatic carbocycles. The first-order valence-corrected chi connectivity index (χ1v) is 10.2. The van der Waals surface area contributed by atoms with E-state index in [9.17, 15) is 4.79 Å². The summed E-state index contributed by atoms with van der Waals surface area (Å²) in [5, 5.41) is 6.17. The summed E-state index contributed by atoms with van der Waals surface area (Å²) in [6.45, 7) is 4.78. The number of aromatic nitrogens is 1. The number of pyridine rings is 1. The number of rotatable bonds is 6. The van der Waals surface area contributed by atoms with Crippen molar-refractivity contribution in [2.45, 2.75) is 58.2 Å². The van der Waals surface area contributed by atoms with Crippen LogP contribution in [0.25, 0.3) is 11.1 Å². The Kier molecular flexibility index (Phi) is 7.09. The highest BCUT2D eigenvalue weighted by Crippen LogP contribution is 2.28. The van der Waals surface area contributed by atoms with Crippen LogP contribution in [0.15, 0.2) is 30.3 Å². The topological polar surface area (TPSA) is 72.5 Å². The van der Waals surface area contributed by atoms with Crippen molar-refractivity contribution >= 4 is 6.09 Å². The maximum Gasteiger partial charge on any atom is 0.407 e. The summed E-state index contributed by atoms with van der Waals surface area (Å²) in [6.07, 6.45) is 3.43. The molecule has 3 rings (SSSR count). The average molecular weight is 398 g/mol. The van der Waals surface area contributed by atoms with Crippen molar-refractivity contribution in [1.82, 2.24) is 15.6 Å². The Morgan fingerprint density at radius 3 is 2.38 bits per heavy atom. The van der Waals surface area contributed by atoms with E-state index in [-0.39, 0.29) is 12.2 Å². The minimum Gasteiger partial charge on any atom is -0.496 e. The first-order chi connectivity index (χ1) is 14.0. The van der Waals surface area contributed by atoms with Gasteiger partial charge in [0, 0.05) is 36.6 Å². The number of carbonyl (C=O) groups is 1. The Balaban J connectivity index is 1.64. The number of methoxy groups -OCH3 is 1. The third-order valence-electron chi connectivity index (χ3n) is 5.43. The van der Waals surface area contributed by atoms with E-state index in [2.05, 4.69) is 39.9 Å². The first-order valence-electron chi connectivity index (χ1n) is 10.2. The van der Waals surface area contributed by atoms with Crippen molar-refractivity contribution in [1.29, 1.82) is 0 Å². The van der Waals surface area contributed by atoms with Crippen molar-refractivity contribution in [3.63, 3.8) is 0 Å². The van der Waals surface area contributed by atoms with Gasteiger partial charge in [-0.1, -0.05) is 6.07 Å². The number of benzene rings is 1. The molecule has 2 aromatic rings. The summed E-state index contributed by atoms with van der Waals surface area (Å²) < 4.78 is 10.9. The van der Waals surface area contributed by atoms with Crippen molar-refractivity contribution in [3.05, 3.63) is 47.3 Å². The van der Waals surface area contributed by atoms with Gasteiger partial charge in [-0.15, -0.1) is 0 Å². The molecule has 29 heavy (non-hydrogen) atoms. The molecule has 0 atom stereocenters. The Morgan fingerprint density at radius 2 is 1.76 bits per heavy atom. The highest BCUT2D eigenvalue weighted by atomic mass is 16.6. The molecule has 0 radical (unpaired) electrons. The molecule has 1 saturated carbocycles. The summed E-state index contributed by atoms with van der Waals surface area (Å²) in [7, 11) is 3.30. The number of aryl methyl sites for hydroxylation is 2. The van der Waals surface area contributed by atoms with Crippen LogP contribution in [0.2, 0.25) is 0 Å². The van der Waals surface area contributed by atoms with Crippen LogP contribution < -0.4 is 15.4 Å². The molecule has 0 bridgehead atoms. The SMILES string of the molecule is CNC(=O)OC1CCC(NCc2cc(-c3cc(C)nc(C)c3)ccc2OC)CC1. The normalized spacial score (nSPS) is 18.9. The molecule has 156 valence electrons. The monoisotopic (exact) mass is 397 g/mol. The third-order valence-corrected chi connectivity index (χ3v) is 5.43. The molecule has 1 heterocycles. The van der Waals surface area contributed by atoms with Crippen LogP contribution in [0.1, 0.15) is 42.6 Å². The van der Waals surface area contributed by atoms with Crippen LogP contribution in [0, 0.1) is 13.8 Å². The van der Waals surface area contributed by atoms with Gasteiger partial charge in [0.05, 0.1) is 7.11 Å². The van der Waals surface area contributed by atoms with Gasteiger partial charge in [-0.25, -0.2) is 4.79 Å². The molecule has 1 aromatic heterocycles. The van der Waals surface area contributed by atoms with E-state index in [1.165, 1.54) is 11.1 Å². The van der Waals surface area contributed by atoms with Crippen LogP contribution in [0.5, 0.6) is 5.75 Å². The lowest BCUT2D eigenvalue weighted by Crippen LogP contribution is -2.36. The number of alkyl carbamates (subject to hydrolysis) is 1. The zero-order chi connectivity index (χ0) is 20.8. The van der Waals surface area contributed by atoms with E-state index >= 15 is 0 Å². The smallest absolute Gasteiger partial charge is 0.407 e. The number of amides is 1. The lowest BCUT2D eigenvalue weighted by Gasteiger charge is -2.29. The number of nitrogens with one attached hydrogen (secondary N) is 2. The van der Waals surface area contributed by atoms with Gasteiger partial charge in [-0.05, 0) is 74.9 Å². The molecular weight excluding hydrogens is 366 g/mol. The van der Waals surface area contributed by atoms with Crippen LogP contribution in [0.4, 0.5) is 4.79 Å². The molecule has 6 nitrogen and oxygen atoms in total. The highest BCUT2D eigenvalue weighted by molar-refractivity contribution is 5.67. The van der Waals surface area contributed by atoms with E-state index in [4.69, 9.17) is 9.47 Å². The van der Waals surface area contributed by atoms with Crippen LogP contribution in [0.3, 0.4) is 0 Å². The fraction of sp³-hybridized carbons (Fsp3) is 0.478. The van der Waals surface area contributed by atoms with Crippen molar-refractivity contribution in [3.8, 4) is 16.9 Å². The van der Waals surface area contributed by atoms with Crippen molar-refractivity contribution in [2.24, 2.45) is 0 Å². The summed E-state index contributed by atoms with van der Waals surface area (Å²) in [4.78, 5) is 15.8. The predicted molar refractivity (Wildman–Crippen MR) is 114 cm³/mol. The summed E-state index contributed by atoms with van der Waals surface area (Å²) >= 11 is 0. The van der Waals surface area contributed by atoms with Crippen LogP contribution in [-0.4, -0.2) is 37.4 Å². The second-order valence-electron chi connectivity index (χ2n) is 7.68. The van der Waals surface area contributed by atoms with Gasteiger partial charge in [-0.2, -0.15) is 0 Å². The Bertz CT molecular complexity index is 825. The summed E-state index contributed by atoms with van der Waals surface area (Å²) in [6, 6.07) is 11.0. The minimum atomic E-state index is -0.343. The molecule has 1 aliphatic carbocycles. The molecule has 0 unspecified atom stereocenters.